The van der Waals surface area contributed by atoms with Crippen molar-refractivity contribution < 1.29 is 22.7 Å². The lowest BCUT2D eigenvalue weighted by Crippen LogP contribution is -2.41. The smallest absolute Gasteiger partial charge is 0.419 e. The van der Waals surface area contributed by atoms with Crippen molar-refractivity contribution in [3.05, 3.63) is 41.9 Å². The molecule has 0 aliphatic carbocycles. The molecule has 1 aromatic carbocycles. The normalized spacial score (nSPS) is 12.4. The van der Waals surface area contributed by atoms with Crippen LogP contribution in [0, 0.1) is 11.3 Å². The number of alkyl halides is 3. The van der Waals surface area contributed by atoms with Crippen LogP contribution in [0.2, 0.25) is 0 Å². The van der Waals surface area contributed by atoms with Crippen molar-refractivity contribution in [2.75, 3.05) is 20.2 Å². The van der Waals surface area contributed by atoms with E-state index in [9.17, 15) is 23.2 Å². The van der Waals surface area contributed by atoms with E-state index in [1.807, 2.05) is 6.07 Å². The largest absolute Gasteiger partial charge is 0.491 e. The minimum absolute atomic E-state index is 0.0264. The third-order valence-electron chi connectivity index (χ3n) is 4.88. The Morgan fingerprint density at radius 3 is 2.75 bits per heavy atom. The number of ether oxygens (including phenoxy) is 1. The number of nitrogens with one attached hydrogen (secondary N) is 2. The second kappa shape index (κ2) is 9.23. The summed E-state index contributed by atoms with van der Waals surface area (Å²) in [4.78, 5) is 20.0. The van der Waals surface area contributed by atoms with Crippen LogP contribution >= 0.6 is 0 Å². The van der Waals surface area contributed by atoms with E-state index < -0.39 is 17.8 Å². The molecule has 1 atom stereocenters. The summed E-state index contributed by atoms with van der Waals surface area (Å²) < 4.78 is 48.1. The summed E-state index contributed by atoms with van der Waals surface area (Å²) in [5.41, 5.74) is 0.397. The van der Waals surface area contributed by atoms with Crippen LogP contribution in [-0.2, 0) is 18.0 Å². The number of likely N-dealkylation sites (N-methyl/N-ethyl adjacent to an activating group) is 1. The summed E-state index contributed by atoms with van der Waals surface area (Å²) >= 11 is 0. The Hall–Kier alpha value is -3.65. The van der Waals surface area contributed by atoms with E-state index >= 15 is 0 Å². The van der Waals surface area contributed by atoms with E-state index in [0.29, 0.717) is 11.0 Å². The summed E-state index contributed by atoms with van der Waals surface area (Å²) in [5, 5.41) is 14.7. The number of benzene rings is 1. The fourth-order valence-electron chi connectivity index (χ4n) is 3.01. The summed E-state index contributed by atoms with van der Waals surface area (Å²) in [6.07, 6.45) is -3.17. The molecule has 32 heavy (non-hydrogen) atoms. The first kappa shape index (κ1) is 23.0. The highest BCUT2D eigenvalue weighted by atomic mass is 19.4. The first-order valence-electron chi connectivity index (χ1n) is 9.67. The van der Waals surface area contributed by atoms with Crippen molar-refractivity contribution >= 4 is 16.9 Å². The molecule has 2 heterocycles. The molecule has 0 aliphatic heterocycles. The van der Waals surface area contributed by atoms with Gasteiger partial charge >= 0.3 is 6.18 Å². The van der Waals surface area contributed by atoms with Gasteiger partial charge in [-0.25, -0.2) is 9.97 Å². The van der Waals surface area contributed by atoms with Crippen LogP contribution in [0.1, 0.15) is 18.2 Å². The molecule has 8 nitrogen and oxygen atoms in total. The summed E-state index contributed by atoms with van der Waals surface area (Å²) in [6, 6.07) is 6.67. The van der Waals surface area contributed by atoms with Crippen molar-refractivity contribution in [1.29, 1.82) is 5.26 Å². The summed E-state index contributed by atoms with van der Waals surface area (Å²) in [6.45, 7) is 1.57. The van der Waals surface area contributed by atoms with E-state index in [4.69, 9.17) is 4.74 Å². The van der Waals surface area contributed by atoms with Gasteiger partial charge in [-0.1, -0.05) is 0 Å². The number of carbonyl (C=O) groups excluding carboxylic acids is 1. The molecular weight excluding hydrogens is 425 g/mol. The first-order valence-corrected chi connectivity index (χ1v) is 9.67. The highest BCUT2D eigenvalue weighted by Crippen LogP contribution is 2.39. The molecule has 2 N–H and O–H groups in total. The number of nitriles is 1. The zero-order chi connectivity index (χ0) is 23.5. The molecule has 2 aromatic heterocycles. The van der Waals surface area contributed by atoms with E-state index in [2.05, 4.69) is 20.6 Å². The molecule has 0 saturated carbocycles. The molecule has 1 amide bonds. The Morgan fingerprint density at radius 2 is 2.09 bits per heavy atom. The van der Waals surface area contributed by atoms with Crippen molar-refractivity contribution in [2.24, 2.45) is 7.05 Å². The second-order valence-electron chi connectivity index (χ2n) is 7.05. The summed E-state index contributed by atoms with van der Waals surface area (Å²) in [5.74, 6) is -0.647. The third kappa shape index (κ3) is 4.81. The van der Waals surface area contributed by atoms with Gasteiger partial charge in [-0.2, -0.15) is 18.4 Å². The number of aryl methyl sites for hydroxylation is 1. The molecule has 3 rings (SSSR count). The Bertz CT molecular complexity index is 1180. The van der Waals surface area contributed by atoms with Gasteiger partial charge in [0.15, 0.2) is 5.69 Å². The maximum atomic E-state index is 13.7. The zero-order valence-corrected chi connectivity index (χ0v) is 17.6. The molecule has 168 valence electrons. The van der Waals surface area contributed by atoms with Gasteiger partial charge in [0.1, 0.15) is 23.9 Å². The quantitative estimate of drug-likeness (QED) is 0.541. The fraction of sp³-hybridized carbons (Fsp3) is 0.333. The van der Waals surface area contributed by atoms with Gasteiger partial charge in [-0.05, 0) is 38.2 Å². The van der Waals surface area contributed by atoms with Crippen molar-refractivity contribution in [3.63, 3.8) is 0 Å². The van der Waals surface area contributed by atoms with Crippen molar-refractivity contribution in [1.82, 2.24) is 25.2 Å². The predicted molar refractivity (Wildman–Crippen MR) is 111 cm³/mol. The number of aromatic nitrogens is 3. The summed E-state index contributed by atoms with van der Waals surface area (Å²) in [7, 11) is 3.34. The molecular formula is C21H21F3N6O2. The van der Waals surface area contributed by atoms with Gasteiger partial charge in [0.25, 0.3) is 0 Å². The van der Waals surface area contributed by atoms with E-state index in [-0.39, 0.29) is 41.8 Å². The van der Waals surface area contributed by atoms with Crippen molar-refractivity contribution in [2.45, 2.75) is 19.1 Å². The number of fused-ring (bicyclic) bond motifs is 1. The molecule has 0 radical (unpaired) electrons. The number of halogens is 3. The van der Waals surface area contributed by atoms with Gasteiger partial charge in [-0.15, -0.1) is 0 Å². The van der Waals surface area contributed by atoms with Crippen LogP contribution in [0.15, 0.2) is 30.6 Å². The molecule has 0 aliphatic rings. The fourth-order valence-corrected chi connectivity index (χ4v) is 3.01. The standard InChI is InChI=1S/C21H21F3N6O2/c1-12(26-2)20(31)27-6-7-32-18-5-4-13(8-14(18)21(22,23)24)15-9-17-19(16(10-25)29-15)28-11-30(17)3/h4-5,8-9,11-12,26H,6-7H2,1-3H3,(H,27,31). The topological polar surface area (TPSA) is 105 Å². The van der Waals surface area contributed by atoms with Crippen LogP contribution < -0.4 is 15.4 Å². The second-order valence-corrected chi connectivity index (χ2v) is 7.05. The van der Waals surface area contributed by atoms with Gasteiger partial charge in [0.05, 0.1) is 35.7 Å². The van der Waals surface area contributed by atoms with Crippen LogP contribution in [0.25, 0.3) is 22.3 Å². The van der Waals surface area contributed by atoms with E-state index in [1.165, 1.54) is 18.5 Å². The lowest BCUT2D eigenvalue weighted by Gasteiger charge is -2.16. The molecule has 11 heteroatoms. The number of hydrogen-bond acceptors (Lipinski definition) is 6. The number of nitrogens with zero attached hydrogens (tertiary/aromatic N) is 4. The number of rotatable bonds is 7. The number of imidazole rings is 1. The Kier molecular flexibility index (Phi) is 6.64. The maximum absolute atomic E-state index is 13.7. The maximum Gasteiger partial charge on any atom is 0.419 e. The van der Waals surface area contributed by atoms with E-state index in [0.717, 1.165) is 6.07 Å². The zero-order valence-electron chi connectivity index (χ0n) is 17.6. The van der Waals surface area contributed by atoms with Crippen LogP contribution in [-0.4, -0.2) is 46.7 Å². The highest BCUT2D eigenvalue weighted by Gasteiger charge is 2.35. The van der Waals surface area contributed by atoms with Crippen molar-refractivity contribution in [3.8, 4) is 23.1 Å². The van der Waals surface area contributed by atoms with Crippen LogP contribution in [0.4, 0.5) is 13.2 Å². The van der Waals surface area contributed by atoms with E-state index in [1.54, 1.807) is 31.7 Å². The number of amides is 1. The lowest BCUT2D eigenvalue weighted by atomic mass is 10.1. The van der Waals surface area contributed by atoms with Gasteiger partial charge in [-0.3, -0.25) is 4.79 Å². The Morgan fingerprint density at radius 1 is 1.34 bits per heavy atom. The third-order valence-corrected chi connectivity index (χ3v) is 4.88. The Labute approximate surface area is 182 Å². The lowest BCUT2D eigenvalue weighted by molar-refractivity contribution is -0.139. The van der Waals surface area contributed by atoms with Gasteiger partial charge in [0, 0.05) is 12.6 Å². The number of hydrogen-bond donors (Lipinski definition) is 2. The number of carbonyl (C=O) groups is 1. The minimum Gasteiger partial charge on any atom is -0.491 e. The number of pyridine rings is 1. The van der Waals surface area contributed by atoms with Crippen LogP contribution in [0.5, 0.6) is 5.75 Å². The molecule has 0 bridgehead atoms. The molecule has 0 fully saturated rings. The SMILES string of the molecule is CNC(C)C(=O)NCCOc1ccc(-c2cc3c(ncn3C)c(C#N)n2)cc1C(F)(F)F. The average molecular weight is 446 g/mol. The minimum atomic E-state index is -4.68. The van der Waals surface area contributed by atoms with Crippen LogP contribution in [0.3, 0.4) is 0 Å². The average Bonchev–Trinajstić information content (AvgIpc) is 3.15. The molecule has 0 spiro atoms. The Balaban J connectivity index is 1.88. The predicted octanol–water partition coefficient (Wildman–Crippen LogP) is 2.63. The highest BCUT2D eigenvalue weighted by molar-refractivity contribution is 5.84. The molecule has 3 aromatic rings. The molecule has 1 unspecified atom stereocenters. The monoisotopic (exact) mass is 446 g/mol. The van der Waals surface area contributed by atoms with Gasteiger partial charge < -0.3 is 19.9 Å². The van der Waals surface area contributed by atoms with Gasteiger partial charge in [0.2, 0.25) is 5.91 Å². The molecule has 0 saturated heterocycles. The first-order chi connectivity index (χ1) is 15.2.